The van der Waals surface area contributed by atoms with Gasteiger partial charge in [0.05, 0.1) is 4.92 Å². The van der Waals surface area contributed by atoms with Crippen LogP contribution in [0, 0.1) is 10.1 Å². The van der Waals surface area contributed by atoms with Gasteiger partial charge >= 0.3 is 0 Å². The van der Waals surface area contributed by atoms with E-state index >= 15 is 0 Å². The van der Waals surface area contributed by atoms with Crippen molar-refractivity contribution in [3.05, 3.63) is 80.9 Å². The summed E-state index contributed by atoms with van der Waals surface area (Å²) in [6.45, 7) is 0. The number of nitrogens with zero attached hydrogens (tertiary/aromatic N) is 2. The van der Waals surface area contributed by atoms with Crippen LogP contribution in [0.15, 0.2) is 59.7 Å². The largest absolute Gasteiger partial charge is 0.271 e. The Morgan fingerprint density at radius 2 is 1.96 bits per heavy atom. The number of non-ortho nitro benzene ring substituents is 1. The Hall–Kier alpha value is -2.99. The SMILES string of the molecule is O=C(N/N=C/C=C/c1cccc([N+](=O)[O-])c1)c1ccc(Cl)cc1. The van der Waals surface area contributed by atoms with E-state index in [1.807, 2.05) is 0 Å². The van der Waals surface area contributed by atoms with Crippen LogP contribution in [0.5, 0.6) is 0 Å². The van der Waals surface area contributed by atoms with Crippen LogP contribution >= 0.6 is 11.6 Å². The van der Waals surface area contributed by atoms with E-state index in [-0.39, 0.29) is 11.6 Å². The molecular formula is C16H12ClN3O3. The summed E-state index contributed by atoms with van der Waals surface area (Å²) in [6, 6.07) is 12.6. The molecule has 0 saturated heterocycles. The molecule has 23 heavy (non-hydrogen) atoms. The monoisotopic (exact) mass is 329 g/mol. The van der Waals surface area contributed by atoms with Crippen molar-refractivity contribution in [1.82, 2.24) is 5.43 Å². The second-order valence-electron chi connectivity index (χ2n) is 4.44. The molecule has 6 nitrogen and oxygen atoms in total. The van der Waals surface area contributed by atoms with Gasteiger partial charge in [0.25, 0.3) is 11.6 Å². The molecule has 0 aromatic heterocycles. The van der Waals surface area contributed by atoms with Crippen LogP contribution in [-0.4, -0.2) is 17.0 Å². The Morgan fingerprint density at radius 3 is 2.65 bits per heavy atom. The molecule has 0 aliphatic rings. The van der Waals surface area contributed by atoms with Crippen molar-refractivity contribution in [1.29, 1.82) is 0 Å². The average Bonchev–Trinajstić information content (AvgIpc) is 2.55. The Balaban J connectivity index is 1.91. The molecule has 0 fully saturated rings. The van der Waals surface area contributed by atoms with Crippen molar-refractivity contribution in [3.63, 3.8) is 0 Å². The number of rotatable bonds is 5. The topological polar surface area (TPSA) is 84.6 Å². The number of hydrogen-bond acceptors (Lipinski definition) is 4. The number of amides is 1. The molecule has 1 amide bonds. The van der Waals surface area contributed by atoms with Gasteiger partial charge in [0.2, 0.25) is 0 Å². The van der Waals surface area contributed by atoms with E-state index in [0.29, 0.717) is 16.1 Å². The number of nitro benzene ring substituents is 1. The predicted molar refractivity (Wildman–Crippen MR) is 89.5 cm³/mol. The number of carbonyl (C=O) groups excluding carboxylic acids is 1. The lowest BCUT2D eigenvalue weighted by Crippen LogP contribution is -2.17. The van der Waals surface area contributed by atoms with Gasteiger partial charge in [-0.25, -0.2) is 5.43 Å². The van der Waals surface area contributed by atoms with Gasteiger partial charge in [0, 0.05) is 28.9 Å². The van der Waals surface area contributed by atoms with Gasteiger partial charge in [-0.05, 0) is 35.9 Å². The highest BCUT2D eigenvalue weighted by molar-refractivity contribution is 6.30. The summed E-state index contributed by atoms with van der Waals surface area (Å²) >= 11 is 5.74. The van der Waals surface area contributed by atoms with Crippen LogP contribution in [0.25, 0.3) is 6.08 Å². The van der Waals surface area contributed by atoms with E-state index in [2.05, 4.69) is 10.5 Å². The van der Waals surface area contributed by atoms with Crippen LogP contribution in [0.3, 0.4) is 0 Å². The zero-order chi connectivity index (χ0) is 16.7. The predicted octanol–water partition coefficient (Wildman–Crippen LogP) is 3.68. The number of allylic oxidation sites excluding steroid dienone is 1. The summed E-state index contributed by atoms with van der Waals surface area (Å²) in [6.07, 6.45) is 4.60. The van der Waals surface area contributed by atoms with Gasteiger partial charge in [-0.2, -0.15) is 5.10 Å². The third-order valence-corrected chi connectivity index (χ3v) is 3.05. The summed E-state index contributed by atoms with van der Waals surface area (Å²) < 4.78 is 0. The third-order valence-electron chi connectivity index (χ3n) is 2.80. The van der Waals surface area contributed by atoms with Crippen LogP contribution in [0.1, 0.15) is 15.9 Å². The number of hydrogen-bond donors (Lipinski definition) is 1. The average molecular weight is 330 g/mol. The summed E-state index contributed by atoms with van der Waals surface area (Å²) in [5.74, 6) is -0.360. The molecule has 0 unspecified atom stereocenters. The molecule has 0 radical (unpaired) electrons. The van der Waals surface area contributed by atoms with E-state index in [4.69, 9.17) is 11.6 Å². The van der Waals surface area contributed by atoms with Gasteiger partial charge < -0.3 is 0 Å². The lowest BCUT2D eigenvalue weighted by Gasteiger charge is -1.98. The number of halogens is 1. The molecule has 116 valence electrons. The molecule has 2 aromatic rings. The third kappa shape index (κ3) is 5.05. The van der Waals surface area contributed by atoms with Gasteiger partial charge in [-0.1, -0.05) is 29.8 Å². The van der Waals surface area contributed by atoms with Crippen LogP contribution in [0.4, 0.5) is 5.69 Å². The van der Waals surface area contributed by atoms with Crippen molar-refractivity contribution >= 4 is 35.5 Å². The zero-order valence-corrected chi connectivity index (χ0v) is 12.6. The summed E-state index contributed by atoms with van der Waals surface area (Å²) in [7, 11) is 0. The normalized spacial score (nSPS) is 11.0. The van der Waals surface area contributed by atoms with Gasteiger partial charge in [0.1, 0.15) is 0 Å². The van der Waals surface area contributed by atoms with Crippen molar-refractivity contribution in [2.75, 3.05) is 0 Å². The van der Waals surface area contributed by atoms with Crippen LogP contribution in [0.2, 0.25) is 5.02 Å². The number of hydrazone groups is 1. The van der Waals surface area contributed by atoms with Gasteiger partial charge in [-0.15, -0.1) is 0 Å². The van der Waals surface area contributed by atoms with E-state index in [9.17, 15) is 14.9 Å². The Bertz CT molecular complexity index is 770. The minimum absolute atomic E-state index is 0.0140. The highest BCUT2D eigenvalue weighted by Crippen LogP contribution is 2.13. The molecule has 0 aliphatic carbocycles. The Morgan fingerprint density at radius 1 is 1.22 bits per heavy atom. The molecule has 1 N–H and O–H groups in total. The van der Waals surface area contributed by atoms with Crippen LogP contribution < -0.4 is 5.43 Å². The first-order chi connectivity index (χ1) is 11.1. The second kappa shape index (κ2) is 7.86. The molecular weight excluding hydrogens is 318 g/mol. The minimum Gasteiger partial charge on any atom is -0.267 e. The molecule has 0 aliphatic heterocycles. The maximum atomic E-state index is 11.7. The zero-order valence-electron chi connectivity index (χ0n) is 11.8. The molecule has 0 atom stereocenters. The summed E-state index contributed by atoms with van der Waals surface area (Å²) in [5, 5.41) is 15.0. The lowest BCUT2D eigenvalue weighted by molar-refractivity contribution is -0.384. The highest BCUT2D eigenvalue weighted by atomic mass is 35.5. The van der Waals surface area contributed by atoms with Crippen molar-refractivity contribution < 1.29 is 9.72 Å². The maximum Gasteiger partial charge on any atom is 0.271 e. The first-order valence-electron chi connectivity index (χ1n) is 6.56. The molecule has 0 spiro atoms. The van der Waals surface area contributed by atoms with Crippen molar-refractivity contribution in [2.24, 2.45) is 5.10 Å². The summed E-state index contributed by atoms with van der Waals surface area (Å²) in [4.78, 5) is 21.9. The fraction of sp³-hybridized carbons (Fsp3) is 0. The number of nitrogens with one attached hydrogen (secondary N) is 1. The van der Waals surface area contributed by atoms with E-state index in [1.54, 1.807) is 48.6 Å². The van der Waals surface area contributed by atoms with Gasteiger partial charge in [0.15, 0.2) is 0 Å². The number of carbonyl (C=O) groups is 1. The number of nitro groups is 1. The van der Waals surface area contributed by atoms with Crippen molar-refractivity contribution in [3.8, 4) is 0 Å². The molecule has 0 heterocycles. The minimum atomic E-state index is -0.461. The highest BCUT2D eigenvalue weighted by Gasteiger charge is 2.03. The van der Waals surface area contributed by atoms with Crippen LogP contribution in [-0.2, 0) is 0 Å². The van der Waals surface area contributed by atoms with Crippen molar-refractivity contribution in [2.45, 2.75) is 0 Å². The standard InChI is InChI=1S/C16H12ClN3O3/c17-14-8-6-13(7-9-14)16(21)19-18-10-2-4-12-3-1-5-15(11-12)20(22)23/h1-11H,(H,19,21)/b4-2+,18-10+. The molecule has 2 aromatic carbocycles. The maximum absolute atomic E-state index is 11.7. The first kappa shape index (κ1) is 16.4. The second-order valence-corrected chi connectivity index (χ2v) is 4.87. The quantitative estimate of drug-likeness (QED) is 0.516. The Kier molecular flexibility index (Phi) is 5.60. The number of benzene rings is 2. The first-order valence-corrected chi connectivity index (χ1v) is 6.94. The molecule has 0 bridgehead atoms. The summed E-state index contributed by atoms with van der Waals surface area (Å²) in [5.41, 5.74) is 3.48. The lowest BCUT2D eigenvalue weighted by atomic mass is 10.2. The fourth-order valence-electron chi connectivity index (χ4n) is 1.70. The molecule has 7 heteroatoms. The fourth-order valence-corrected chi connectivity index (χ4v) is 1.83. The Labute approximate surface area is 137 Å². The molecule has 0 saturated carbocycles. The smallest absolute Gasteiger partial charge is 0.267 e. The van der Waals surface area contributed by atoms with E-state index in [0.717, 1.165) is 0 Å². The van der Waals surface area contributed by atoms with Gasteiger partial charge in [-0.3, -0.25) is 14.9 Å². The molecule has 2 rings (SSSR count). The van der Waals surface area contributed by atoms with E-state index < -0.39 is 4.92 Å². The van der Waals surface area contributed by atoms with E-state index in [1.165, 1.54) is 18.3 Å².